The molecule has 8 nitrogen and oxygen atoms in total. The number of benzene rings is 1. The average molecular weight is 375 g/mol. The molecule has 3 aromatic rings. The van der Waals surface area contributed by atoms with Crippen LogP contribution in [0.2, 0.25) is 0 Å². The van der Waals surface area contributed by atoms with E-state index in [1.807, 2.05) is 0 Å². The monoisotopic (exact) mass is 375 g/mol. The molecule has 0 atom stereocenters. The number of sulfonamides is 1. The van der Waals surface area contributed by atoms with Crippen LogP contribution >= 0.6 is 0 Å². The third kappa shape index (κ3) is 3.84. The third-order valence-electron chi connectivity index (χ3n) is 3.61. The first-order chi connectivity index (χ1) is 12.5. The Balaban J connectivity index is 1.74. The number of hydrogen-bond acceptors (Lipinski definition) is 6. The smallest absolute Gasteiger partial charge is 0.266 e. The Bertz CT molecular complexity index is 1040. The predicted octanol–water partition coefficient (Wildman–Crippen LogP) is 1.49. The van der Waals surface area contributed by atoms with Crippen LogP contribution in [0.1, 0.15) is 0 Å². The van der Waals surface area contributed by atoms with Crippen molar-refractivity contribution in [1.29, 1.82) is 0 Å². The van der Waals surface area contributed by atoms with Crippen molar-refractivity contribution >= 4 is 10.0 Å². The molecule has 1 aromatic carbocycles. The van der Waals surface area contributed by atoms with Gasteiger partial charge in [0.25, 0.3) is 5.56 Å². The summed E-state index contributed by atoms with van der Waals surface area (Å²) >= 11 is 0. The molecule has 9 heteroatoms. The Labute approximate surface area is 150 Å². The molecule has 0 bridgehead atoms. The van der Waals surface area contributed by atoms with Gasteiger partial charge in [-0.15, -0.1) is 0 Å². The van der Waals surface area contributed by atoms with Crippen molar-refractivity contribution in [3.63, 3.8) is 0 Å². The average Bonchev–Trinajstić information content (AvgIpc) is 3.18. The molecule has 136 valence electrons. The number of furan rings is 1. The Morgan fingerprint density at radius 3 is 2.69 bits per heavy atom. The van der Waals surface area contributed by atoms with Gasteiger partial charge in [-0.1, -0.05) is 12.1 Å². The predicted molar refractivity (Wildman–Crippen MR) is 94.4 cm³/mol. The van der Waals surface area contributed by atoms with Crippen LogP contribution in [0.3, 0.4) is 0 Å². The molecule has 2 aromatic heterocycles. The maximum Gasteiger partial charge on any atom is 0.266 e. The Morgan fingerprint density at radius 1 is 1.15 bits per heavy atom. The molecule has 3 rings (SSSR count). The third-order valence-corrected chi connectivity index (χ3v) is 5.11. The number of nitrogens with zero attached hydrogens (tertiary/aromatic N) is 2. The highest BCUT2D eigenvalue weighted by Crippen LogP contribution is 2.22. The molecule has 0 aliphatic heterocycles. The fourth-order valence-corrected chi connectivity index (χ4v) is 3.56. The van der Waals surface area contributed by atoms with Crippen LogP contribution in [-0.2, 0) is 16.6 Å². The van der Waals surface area contributed by atoms with Gasteiger partial charge < -0.3 is 9.15 Å². The zero-order valence-corrected chi connectivity index (χ0v) is 14.8. The lowest BCUT2D eigenvalue weighted by Gasteiger charge is -2.11. The van der Waals surface area contributed by atoms with Crippen molar-refractivity contribution in [2.45, 2.75) is 11.4 Å². The van der Waals surface area contributed by atoms with E-state index < -0.39 is 10.0 Å². The second kappa shape index (κ2) is 7.54. The number of methoxy groups -OCH3 is 1. The summed E-state index contributed by atoms with van der Waals surface area (Å²) in [6.45, 7) is 0.0661. The zero-order chi connectivity index (χ0) is 18.6. The van der Waals surface area contributed by atoms with Gasteiger partial charge in [-0.2, -0.15) is 5.10 Å². The quantitative estimate of drug-likeness (QED) is 0.671. The van der Waals surface area contributed by atoms with Gasteiger partial charge in [0.05, 0.1) is 19.9 Å². The SMILES string of the molecule is COc1ccccc1S(=O)(=O)NCCn1nc(-c2ccco2)ccc1=O. The van der Waals surface area contributed by atoms with E-state index in [0.717, 1.165) is 0 Å². The summed E-state index contributed by atoms with van der Waals surface area (Å²) in [6, 6.07) is 12.7. The molecular formula is C17H17N3O5S. The van der Waals surface area contributed by atoms with Crippen molar-refractivity contribution in [1.82, 2.24) is 14.5 Å². The van der Waals surface area contributed by atoms with E-state index in [0.29, 0.717) is 11.5 Å². The van der Waals surface area contributed by atoms with Crippen LogP contribution in [-0.4, -0.2) is 31.9 Å². The van der Waals surface area contributed by atoms with E-state index in [4.69, 9.17) is 9.15 Å². The summed E-state index contributed by atoms with van der Waals surface area (Å²) in [5.41, 5.74) is 0.152. The second-order valence-corrected chi connectivity index (χ2v) is 7.04. The van der Waals surface area contributed by atoms with E-state index in [1.165, 1.54) is 30.2 Å². The standard InChI is InChI=1S/C17H17N3O5S/c1-24-15-5-2-3-7-16(15)26(22,23)18-10-11-20-17(21)9-8-13(19-20)14-6-4-12-25-14/h2-9,12,18H,10-11H2,1H3. The fraction of sp³-hybridized carbons (Fsp3) is 0.176. The van der Waals surface area contributed by atoms with Gasteiger partial charge in [0, 0.05) is 12.6 Å². The molecule has 0 spiro atoms. The van der Waals surface area contributed by atoms with Gasteiger partial charge >= 0.3 is 0 Å². The summed E-state index contributed by atoms with van der Waals surface area (Å²) in [5.74, 6) is 0.767. The Hall–Kier alpha value is -2.91. The number of ether oxygens (including phenoxy) is 1. The molecule has 0 radical (unpaired) electrons. The second-order valence-electron chi connectivity index (χ2n) is 5.31. The molecule has 26 heavy (non-hydrogen) atoms. The number of rotatable bonds is 7. The van der Waals surface area contributed by atoms with E-state index in [2.05, 4.69) is 9.82 Å². The van der Waals surface area contributed by atoms with Crippen LogP contribution in [0.25, 0.3) is 11.5 Å². The van der Waals surface area contributed by atoms with Crippen molar-refractivity contribution in [2.24, 2.45) is 0 Å². The van der Waals surface area contributed by atoms with Gasteiger partial charge in [-0.25, -0.2) is 17.8 Å². The summed E-state index contributed by atoms with van der Waals surface area (Å²) in [5, 5.41) is 4.19. The highest BCUT2D eigenvalue weighted by atomic mass is 32.2. The van der Waals surface area contributed by atoms with Gasteiger partial charge in [-0.3, -0.25) is 4.79 Å². The molecule has 0 aliphatic carbocycles. The summed E-state index contributed by atoms with van der Waals surface area (Å²) < 4.78 is 38.8. The minimum atomic E-state index is -3.78. The molecule has 1 N–H and O–H groups in total. The van der Waals surface area contributed by atoms with E-state index in [9.17, 15) is 13.2 Å². The van der Waals surface area contributed by atoms with E-state index in [1.54, 1.807) is 36.4 Å². The maximum atomic E-state index is 12.4. The Morgan fingerprint density at radius 2 is 1.96 bits per heavy atom. The van der Waals surface area contributed by atoms with Gasteiger partial charge in [0.15, 0.2) is 5.76 Å². The first-order valence-electron chi connectivity index (χ1n) is 7.76. The van der Waals surface area contributed by atoms with Crippen molar-refractivity contribution < 1.29 is 17.6 Å². The van der Waals surface area contributed by atoms with Crippen LogP contribution in [0.4, 0.5) is 0 Å². The number of nitrogens with one attached hydrogen (secondary N) is 1. The number of aromatic nitrogens is 2. The van der Waals surface area contributed by atoms with Gasteiger partial charge in [-0.05, 0) is 30.3 Å². The first-order valence-corrected chi connectivity index (χ1v) is 9.24. The molecule has 0 saturated heterocycles. The highest BCUT2D eigenvalue weighted by molar-refractivity contribution is 7.89. The Kier molecular flexibility index (Phi) is 5.19. The zero-order valence-electron chi connectivity index (χ0n) is 14.0. The molecular weight excluding hydrogens is 358 g/mol. The molecule has 0 unspecified atom stereocenters. The van der Waals surface area contributed by atoms with Crippen LogP contribution in [0.15, 0.2) is 68.9 Å². The van der Waals surface area contributed by atoms with Gasteiger partial charge in [0.2, 0.25) is 10.0 Å². The van der Waals surface area contributed by atoms with Crippen molar-refractivity contribution in [3.8, 4) is 17.2 Å². The van der Waals surface area contributed by atoms with E-state index in [-0.39, 0.29) is 29.3 Å². The molecule has 0 fully saturated rings. The maximum absolute atomic E-state index is 12.4. The number of para-hydroxylation sites is 1. The number of hydrogen-bond donors (Lipinski definition) is 1. The van der Waals surface area contributed by atoms with Crippen molar-refractivity contribution in [3.05, 3.63) is 65.1 Å². The fourth-order valence-electron chi connectivity index (χ4n) is 2.37. The van der Waals surface area contributed by atoms with Crippen molar-refractivity contribution in [2.75, 3.05) is 13.7 Å². The summed E-state index contributed by atoms with van der Waals surface area (Å²) in [7, 11) is -2.38. The highest BCUT2D eigenvalue weighted by Gasteiger charge is 2.18. The topological polar surface area (TPSA) is 103 Å². The van der Waals surface area contributed by atoms with E-state index >= 15 is 0 Å². The summed E-state index contributed by atoms with van der Waals surface area (Å²) in [6.07, 6.45) is 1.51. The minimum Gasteiger partial charge on any atom is -0.495 e. The van der Waals surface area contributed by atoms with Crippen LogP contribution in [0, 0.1) is 0 Å². The van der Waals surface area contributed by atoms with Gasteiger partial charge in [0.1, 0.15) is 16.3 Å². The molecule has 0 aliphatic rings. The van der Waals surface area contributed by atoms with Crippen LogP contribution in [0.5, 0.6) is 5.75 Å². The lowest BCUT2D eigenvalue weighted by molar-refractivity contribution is 0.402. The van der Waals surface area contributed by atoms with Crippen LogP contribution < -0.4 is 15.0 Å². The summed E-state index contributed by atoms with van der Waals surface area (Å²) in [4.78, 5) is 12.0. The normalized spacial score (nSPS) is 11.4. The minimum absolute atomic E-state index is 0.00506. The molecule has 2 heterocycles. The molecule has 0 saturated carbocycles. The molecule has 0 amide bonds. The lowest BCUT2D eigenvalue weighted by atomic mass is 10.3. The first kappa shape index (κ1) is 17.9. The largest absolute Gasteiger partial charge is 0.495 e. The lowest BCUT2D eigenvalue weighted by Crippen LogP contribution is -2.32.